The molecule has 1 fully saturated rings. The summed E-state index contributed by atoms with van der Waals surface area (Å²) in [6, 6.07) is 3.37. The van der Waals surface area contributed by atoms with Crippen molar-refractivity contribution in [1.29, 1.82) is 0 Å². The van der Waals surface area contributed by atoms with Crippen LogP contribution in [-0.2, 0) is 10.0 Å². The number of anilines is 1. The van der Waals surface area contributed by atoms with Crippen molar-refractivity contribution in [1.82, 2.24) is 4.72 Å². The van der Waals surface area contributed by atoms with Crippen molar-refractivity contribution >= 4 is 15.7 Å². The maximum absolute atomic E-state index is 13.1. The Morgan fingerprint density at radius 3 is 2.79 bits per heavy atom. The van der Waals surface area contributed by atoms with Crippen LogP contribution in [-0.4, -0.2) is 15.0 Å². The van der Waals surface area contributed by atoms with Crippen molar-refractivity contribution in [3.63, 3.8) is 0 Å². The van der Waals surface area contributed by atoms with Gasteiger partial charge in [-0.15, -0.1) is 0 Å². The average molecular weight is 286 g/mol. The Morgan fingerprint density at radius 1 is 1.42 bits per heavy atom. The fourth-order valence-corrected chi connectivity index (χ4v) is 3.80. The number of nitrogen functional groups attached to an aromatic ring is 1. The molecule has 1 aromatic carbocycles. The van der Waals surface area contributed by atoms with Crippen LogP contribution in [0.3, 0.4) is 0 Å². The summed E-state index contributed by atoms with van der Waals surface area (Å²) in [5.74, 6) is 0.265. The third-order valence-corrected chi connectivity index (χ3v) is 5.32. The molecule has 1 aliphatic carbocycles. The van der Waals surface area contributed by atoms with E-state index in [2.05, 4.69) is 11.6 Å². The smallest absolute Gasteiger partial charge is 0.242 e. The second-order valence-electron chi connectivity index (χ2n) is 5.20. The molecular formula is C13H19FN2O2S. The van der Waals surface area contributed by atoms with E-state index in [1.165, 1.54) is 6.07 Å². The van der Waals surface area contributed by atoms with Gasteiger partial charge in [0.05, 0.1) is 5.69 Å². The molecule has 6 heteroatoms. The first-order chi connectivity index (χ1) is 8.90. The minimum absolute atomic E-state index is 0.0633. The molecule has 2 unspecified atom stereocenters. The first-order valence-electron chi connectivity index (χ1n) is 6.45. The van der Waals surface area contributed by atoms with Crippen LogP contribution in [0.4, 0.5) is 10.1 Å². The molecule has 0 aliphatic heterocycles. The fourth-order valence-electron chi connectivity index (χ4n) is 2.56. The van der Waals surface area contributed by atoms with E-state index in [0.717, 1.165) is 31.4 Å². The topological polar surface area (TPSA) is 72.2 Å². The summed E-state index contributed by atoms with van der Waals surface area (Å²) >= 11 is 0. The predicted octanol–water partition coefficient (Wildman–Crippen LogP) is 2.12. The van der Waals surface area contributed by atoms with Crippen molar-refractivity contribution in [2.24, 2.45) is 11.8 Å². The van der Waals surface area contributed by atoms with Crippen LogP contribution in [0.5, 0.6) is 0 Å². The van der Waals surface area contributed by atoms with Crippen LogP contribution < -0.4 is 10.5 Å². The van der Waals surface area contributed by atoms with E-state index in [0.29, 0.717) is 18.4 Å². The Balaban J connectivity index is 2.12. The Morgan fingerprint density at radius 2 is 2.16 bits per heavy atom. The molecule has 0 aromatic heterocycles. The Labute approximate surface area is 113 Å². The van der Waals surface area contributed by atoms with Crippen LogP contribution in [0.2, 0.25) is 0 Å². The van der Waals surface area contributed by atoms with Crippen LogP contribution in [0.1, 0.15) is 26.2 Å². The number of hydrogen-bond acceptors (Lipinski definition) is 3. The van der Waals surface area contributed by atoms with Gasteiger partial charge in [-0.05, 0) is 36.5 Å². The molecule has 1 aliphatic rings. The minimum Gasteiger partial charge on any atom is -0.398 e. The molecule has 0 heterocycles. The lowest BCUT2D eigenvalue weighted by Crippen LogP contribution is -2.30. The first-order valence-corrected chi connectivity index (χ1v) is 7.93. The SMILES string of the molecule is CC1CCCC1CNS(=O)(=O)c1cc(F)ccc1N. The molecule has 0 bridgehead atoms. The lowest BCUT2D eigenvalue weighted by molar-refractivity contribution is 0.414. The van der Waals surface area contributed by atoms with Crippen molar-refractivity contribution in [2.45, 2.75) is 31.1 Å². The predicted molar refractivity (Wildman–Crippen MR) is 72.5 cm³/mol. The van der Waals surface area contributed by atoms with E-state index in [-0.39, 0.29) is 10.6 Å². The second kappa shape index (κ2) is 5.46. The van der Waals surface area contributed by atoms with E-state index in [4.69, 9.17) is 5.73 Å². The van der Waals surface area contributed by atoms with Crippen molar-refractivity contribution < 1.29 is 12.8 Å². The lowest BCUT2D eigenvalue weighted by Gasteiger charge is -2.16. The van der Waals surface area contributed by atoms with Gasteiger partial charge in [0.15, 0.2) is 0 Å². The van der Waals surface area contributed by atoms with E-state index < -0.39 is 15.8 Å². The monoisotopic (exact) mass is 286 g/mol. The van der Waals surface area contributed by atoms with E-state index >= 15 is 0 Å². The highest BCUT2D eigenvalue weighted by atomic mass is 32.2. The Kier molecular flexibility index (Phi) is 4.10. The summed E-state index contributed by atoms with van der Waals surface area (Å²) in [6.07, 6.45) is 3.30. The van der Waals surface area contributed by atoms with Crippen LogP contribution in [0.15, 0.2) is 23.1 Å². The number of rotatable bonds is 4. The minimum atomic E-state index is -3.74. The molecule has 4 nitrogen and oxygen atoms in total. The third kappa shape index (κ3) is 3.25. The average Bonchev–Trinajstić information content (AvgIpc) is 2.75. The number of hydrogen-bond donors (Lipinski definition) is 2. The zero-order chi connectivity index (χ0) is 14.0. The maximum Gasteiger partial charge on any atom is 0.242 e. The number of benzene rings is 1. The lowest BCUT2D eigenvalue weighted by atomic mass is 9.99. The summed E-state index contributed by atoms with van der Waals surface area (Å²) in [7, 11) is -3.74. The summed E-state index contributed by atoms with van der Waals surface area (Å²) < 4.78 is 39.9. The molecule has 106 valence electrons. The zero-order valence-corrected chi connectivity index (χ0v) is 11.7. The van der Waals surface area contributed by atoms with Gasteiger partial charge in [0.25, 0.3) is 0 Å². The molecule has 2 atom stereocenters. The van der Waals surface area contributed by atoms with Gasteiger partial charge < -0.3 is 5.73 Å². The molecule has 19 heavy (non-hydrogen) atoms. The van der Waals surface area contributed by atoms with Gasteiger partial charge in [-0.3, -0.25) is 0 Å². The highest BCUT2D eigenvalue weighted by Crippen LogP contribution is 2.31. The largest absolute Gasteiger partial charge is 0.398 e. The summed E-state index contributed by atoms with van der Waals surface area (Å²) in [4.78, 5) is -0.182. The maximum atomic E-state index is 13.1. The van der Waals surface area contributed by atoms with Gasteiger partial charge in [-0.2, -0.15) is 0 Å². The fraction of sp³-hybridized carbons (Fsp3) is 0.538. The molecule has 3 N–H and O–H groups in total. The van der Waals surface area contributed by atoms with Crippen molar-refractivity contribution in [3.05, 3.63) is 24.0 Å². The molecule has 1 aromatic rings. The molecular weight excluding hydrogens is 267 g/mol. The third-order valence-electron chi connectivity index (χ3n) is 3.84. The zero-order valence-electron chi connectivity index (χ0n) is 10.9. The van der Waals surface area contributed by atoms with Crippen LogP contribution in [0, 0.1) is 17.7 Å². The standard InChI is InChI=1S/C13H19FN2O2S/c1-9-3-2-4-10(9)8-16-19(17,18)13-7-11(14)5-6-12(13)15/h5-7,9-10,16H,2-4,8,15H2,1H3. The Hall–Kier alpha value is -1.14. The first kappa shape index (κ1) is 14.3. The van der Waals surface area contributed by atoms with Crippen LogP contribution >= 0.6 is 0 Å². The quantitative estimate of drug-likeness (QED) is 0.833. The van der Waals surface area contributed by atoms with Gasteiger partial charge in [0, 0.05) is 6.54 Å². The van der Waals surface area contributed by atoms with Gasteiger partial charge >= 0.3 is 0 Å². The molecule has 2 rings (SSSR count). The molecule has 0 amide bonds. The van der Waals surface area contributed by atoms with Gasteiger partial charge in [-0.25, -0.2) is 17.5 Å². The normalized spacial score (nSPS) is 23.7. The Bertz CT molecular complexity index is 560. The summed E-state index contributed by atoms with van der Waals surface area (Å²) in [5.41, 5.74) is 5.66. The number of nitrogens with two attached hydrogens (primary N) is 1. The molecule has 1 saturated carbocycles. The molecule has 0 spiro atoms. The molecule has 0 saturated heterocycles. The van der Waals surface area contributed by atoms with Crippen molar-refractivity contribution in [2.75, 3.05) is 12.3 Å². The van der Waals surface area contributed by atoms with Crippen LogP contribution in [0.25, 0.3) is 0 Å². The second-order valence-corrected chi connectivity index (χ2v) is 6.94. The highest BCUT2D eigenvalue weighted by molar-refractivity contribution is 7.89. The highest BCUT2D eigenvalue weighted by Gasteiger charge is 2.26. The molecule has 0 radical (unpaired) electrons. The number of halogens is 1. The number of nitrogens with one attached hydrogen (secondary N) is 1. The summed E-state index contributed by atoms with van der Waals surface area (Å²) in [5, 5.41) is 0. The van der Waals surface area contributed by atoms with E-state index in [1.807, 2.05) is 0 Å². The summed E-state index contributed by atoms with van der Waals surface area (Å²) in [6.45, 7) is 2.52. The van der Waals surface area contributed by atoms with E-state index in [9.17, 15) is 12.8 Å². The van der Waals surface area contributed by atoms with Gasteiger partial charge in [0.2, 0.25) is 10.0 Å². The van der Waals surface area contributed by atoms with Crippen molar-refractivity contribution in [3.8, 4) is 0 Å². The van der Waals surface area contributed by atoms with Gasteiger partial charge in [-0.1, -0.05) is 19.8 Å². The van der Waals surface area contributed by atoms with E-state index in [1.54, 1.807) is 0 Å². The van der Waals surface area contributed by atoms with Gasteiger partial charge in [0.1, 0.15) is 10.7 Å². The number of sulfonamides is 1.